The van der Waals surface area contributed by atoms with Gasteiger partial charge in [-0.2, -0.15) is 10.5 Å². The number of aromatic nitrogens is 1. The van der Waals surface area contributed by atoms with Gasteiger partial charge in [0.05, 0.1) is 22.9 Å². The van der Waals surface area contributed by atoms with Crippen LogP contribution in [0.15, 0.2) is 41.4 Å². The summed E-state index contributed by atoms with van der Waals surface area (Å²) in [5, 5.41) is 18.5. The van der Waals surface area contributed by atoms with E-state index in [4.69, 9.17) is 11.0 Å². The van der Waals surface area contributed by atoms with Gasteiger partial charge in [0.15, 0.2) is 0 Å². The zero-order valence-corrected chi connectivity index (χ0v) is 14.7. The van der Waals surface area contributed by atoms with Gasteiger partial charge in [0.25, 0.3) is 0 Å². The summed E-state index contributed by atoms with van der Waals surface area (Å²) in [5.41, 5.74) is 7.13. The van der Waals surface area contributed by atoms with Crippen molar-refractivity contribution in [3.8, 4) is 12.1 Å². The van der Waals surface area contributed by atoms with Crippen LogP contribution in [0.4, 0.5) is 5.82 Å². The fourth-order valence-corrected chi connectivity index (χ4v) is 3.08. The molecule has 1 heterocycles. The average molecular weight is 351 g/mol. The molecule has 0 unspecified atom stereocenters. The van der Waals surface area contributed by atoms with E-state index in [1.165, 1.54) is 6.07 Å². The molecule has 0 radical (unpaired) electrons. The summed E-state index contributed by atoms with van der Waals surface area (Å²) < 4.78 is 0. The molecule has 126 valence electrons. The topological polar surface area (TPSA) is 107 Å². The van der Waals surface area contributed by atoms with Crippen LogP contribution < -0.4 is 5.73 Å². The van der Waals surface area contributed by atoms with E-state index in [0.29, 0.717) is 5.03 Å². The molecule has 2 rings (SSSR count). The first-order chi connectivity index (χ1) is 12.0. The van der Waals surface area contributed by atoms with Crippen LogP contribution in [0.5, 0.6) is 0 Å². The third kappa shape index (κ3) is 4.28. The van der Waals surface area contributed by atoms with Gasteiger partial charge in [0, 0.05) is 7.05 Å². The number of carbonyl (C=O) groups is 1. The molecule has 6 nitrogen and oxygen atoms in total. The van der Waals surface area contributed by atoms with Gasteiger partial charge in [-0.15, -0.1) is 0 Å². The third-order valence-electron chi connectivity index (χ3n) is 3.85. The molecule has 1 atom stereocenters. The predicted octanol–water partition coefficient (Wildman–Crippen LogP) is 2.72. The summed E-state index contributed by atoms with van der Waals surface area (Å²) in [5.74, 6) is 0.0955. The van der Waals surface area contributed by atoms with Crippen molar-refractivity contribution < 1.29 is 4.79 Å². The van der Waals surface area contributed by atoms with Crippen LogP contribution in [0, 0.1) is 22.7 Å². The minimum absolute atomic E-state index is 0.0578. The molecule has 0 spiro atoms. The number of nitriles is 2. The van der Waals surface area contributed by atoms with Crippen molar-refractivity contribution in [3.05, 3.63) is 53.1 Å². The smallest absolute Gasteiger partial charge is 0.233 e. The number of benzene rings is 1. The monoisotopic (exact) mass is 351 g/mol. The van der Waals surface area contributed by atoms with Gasteiger partial charge in [0.1, 0.15) is 23.0 Å². The molecule has 0 aliphatic heterocycles. The van der Waals surface area contributed by atoms with Crippen LogP contribution in [0.1, 0.15) is 29.7 Å². The molecule has 0 saturated carbocycles. The Labute approximate surface area is 150 Å². The summed E-state index contributed by atoms with van der Waals surface area (Å²) in [6.07, 6.45) is 0. The number of nitrogen functional groups attached to an aromatic ring is 1. The zero-order valence-electron chi connectivity index (χ0n) is 13.9. The number of rotatable bonds is 5. The minimum Gasteiger partial charge on any atom is -0.383 e. The van der Waals surface area contributed by atoms with Gasteiger partial charge in [0.2, 0.25) is 5.91 Å². The van der Waals surface area contributed by atoms with Crippen molar-refractivity contribution in [3.63, 3.8) is 0 Å². The molecule has 1 aromatic heterocycles. The van der Waals surface area contributed by atoms with Crippen LogP contribution >= 0.6 is 11.8 Å². The summed E-state index contributed by atoms with van der Waals surface area (Å²) in [6.45, 7) is 1.95. The Morgan fingerprint density at radius 2 is 1.92 bits per heavy atom. The second-order valence-electron chi connectivity index (χ2n) is 5.38. The van der Waals surface area contributed by atoms with Gasteiger partial charge >= 0.3 is 0 Å². The van der Waals surface area contributed by atoms with Gasteiger partial charge < -0.3 is 10.6 Å². The molecule has 1 amide bonds. The molecule has 2 N–H and O–H groups in total. The van der Waals surface area contributed by atoms with E-state index >= 15 is 0 Å². The van der Waals surface area contributed by atoms with E-state index in [-0.39, 0.29) is 34.6 Å². The summed E-state index contributed by atoms with van der Waals surface area (Å²) in [6, 6.07) is 14.9. The minimum atomic E-state index is -0.0880. The molecule has 0 saturated heterocycles. The quantitative estimate of drug-likeness (QED) is 0.830. The lowest BCUT2D eigenvalue weighted by Crippen LogP contribution is -2.31. The molecule has 0 aliphatic carbocycles. The van der Waals surface area contributed by atoms with Crippen molar-refractivity contribution in [2.45, 2.75) is 18.0 Å². The zero-order chi connectivity index (χ0) is 18.4. The molecular weight excluding hydrogens is 334 g/mol. The van der Waals surface area contributed by atoms with Gasteiger partial charge in [-0.3, -0.25) is 4.79 Å². The maximum absolute atomic E-state index is 12.4. The number of pyridine rings is 1. The number of nitrogens with two attached hydrogens (primary N) is 1. The Morgan fingerprint density at radius 3 is 2.52 bits per heavy atom. The van der Waals surface area contributed by atoms with Crippen LogP contribution in [0.3, 0.4) is 0 Å². The highest BCUT2D eigenvalue weighted by molar-refractivity contribution is 8.00. The van der Waals surface area contributed by atoms with Crippen molar-refractivity contribution in [2.24, 2.45) is 0 Å². The highest BCUT2D eigenvalue weighted by Crippen LogP contribution is 2.25. The first kappa shape index (κ1) is 18.3. The Kier molecular flexibility index (Phi) is 5.99. The maximum atomic E-state index is 12.4. The lowest BCUT2D eigenvalue weighted by atomic mass is 10.1. The van der Waals surface area contributed by atoms with Crippen LogP contribution in [0.25, 0.3) is 0 Å². The first-order valence-electron chi connectivity index (χ1n) is 7.52. The highest BCUT2D eigenvalue weighted by atomic mass is 32.2. The molecule has 25 heavy (non-hydrogen) atoms. The lowest BCUT2D eigenvalue weighted by Gasteiger charge is -2.25. The molecule has 2 aromatic rings. The van der Waals surface area contributed by atoms with E-state index in [2.05, 4.69) is 4.98 Å². The average Bonchev–Trinajstić information content (AvgIpc) is 2.65. The van der Waals surface area contributed by atoms with Crippen LogP contribution in [0.2, 0.25) is 0 Å². The van der Waals surface area contributed by atoms with E-state index < -0.39 is 0 Å². The van der Waals surface area contributed by atoms with Crippen molar-refractivity contribution in [2.75, 3.05) is 18.5 Å². The number of hydrogen-bond acceptors (Lipinski definition) is 6. The van der Waals surface area contributed by atoms with E-state index in [1.54, 1.807) is 11.9 Å². The molecule has 0 aliphatic rings. The van der Waals surface area contributed by atoms with E-state index in [9.17, 15) is 10.1 Å². The van der Waals surface area contributed by atoms with Gasteiger partial charge in [-0.1, -0.05) is 42.1 Å². The first-order valence-corrected chi connectivity index (χ1v) is 8.50. The summed E-state index contributed by atoms with van der Waals surface area (Å²) in [4.78, 5) is 18.2. The second kappa shape index (κ2) is 8.18. The number of anilines is 1. The second-order valence-corrected chi connectivity index (χ2v) is 6.34. The largest absolute Gasteiger partial charge is 0.383 e. The summed E-state index contributed by atoms with van der Waals surface area (Å²) >= 11 is 1.14. The molecule has 0 bridgehead atoms. The van der Waals surface area contributed by atoms with Crippen LogP contribution in [-0.4, -0.2) is 28.6 Å². The van der Waals surface area contributed by atoms with Crippen LogP contribution in [-0.2, 0) is 4.79 Å². The number of nitrogens with zero attached hydrogens (tertiary/aromatic N) is 4. The van der Waals surface area contributed by atoms with Crippen molar-refractivity contribution >= 4 is 23.5 Å². The number of thioether (sulfide) groups is 1. The Balaban J connectivity index is 2.09. The van der Waals surface area contributed by atoms with E-state index in [1.807, 2.05) is 49.4 Å². The Hall–Kier alpha value is -3.03. The normalized spacial score (nSPS) is 11.2. The third-order valence-corrected chi connectivity index (χ3v) is 4.82. The Bertz CT molecular complexity index is 854. The Morgan fingerprint density at radius 1 is 1.28 bits per heavy atom. The van der Waals surface area contributed by atoms with Gasteiger partial charge in [-0.05, 0) is 18.6 Å². The van der Waals surface area contributed by atoms with E-state index in [0.717, 1.165) is 17.3 Å². The fourth-order valence-electron chi connectivity index (χ4n) is 2.19. The molecule has 1 aromatic carbocycles. The molecule has 0 fully saturated rings. The predicted molar refractivity (Wildman–Crippen MR) is 96.4 cm³/mol. The lowest BCUT2D eigenvalue weighted by molar-refractivity contribution is -0.128. The number of amides is 1. The fraction of sp³-hybridized carbons (Fsp3) is 0.222. The maximum Gasteiger partial charge on any atom is 0.233 e. The standard InChI is InChI=1S/C18H17N5OS/c1-12(13-6-4-3-5-7-13)23(2)16(24)11-25-18-15(10-20)8-14(9-19)17(21)22-18/h3-8,12H,11H2,1-2H3,(H2,21,22)/t12-/m1/s1. The number of hydrogen-bond donors (Lipinski definition) is 1. The SMILES string of the molecule is C[C@H](c1ccccc1)N(C)C(=O)CSc1nc(N)c(C#N)cc1C#N. The van der Waals surface area contributed by atoms with Crippen molar-refractivity contribution in [1.29, 1.82) is 10.5 Å². The highest BCUT2D eigenvalue weighted by Gasteiger charge is 2.19. The van der Waals surface area contributed by atoms with Gasteiger partial charge in [-0.25, -0.2) is 4.98 Å². The number of carbonyl (C=O) groups excluding carboxylic acids is 1. The molecular formula is C18H17N5OS. The molecule has 7 heteroatoms. The summed E-state index contributed by atoms with van der Waals surface area (Å²) in [7, 11) is 1.74. The van der Waals surface area contributed by atoms with Crippen molar-refractivity contribution in [1.82, 2.24) is 9.88 Å².